The summed E-state index contributed by atoms with van der Waals surface area (Å²) in [5.41, 5.74) is 0.978. The fraction of sp³-hybridized carbons (Fsp3) is 0.400. The molecule has 3 amide bonds. The van der Waals surface area contributed by atoms with Crippen LogP contribution in [0.3, 0.4) is 0 Å². The molecule has 1 aliphatic rings. The topological polar surface area (TPSA) is 101 Å². The predicted molar refractivity (Wildman–Crippen MR) is 110 cm³/mol. The number of thiazole rings is 1. The Morgan fingerprint density at radius 1 is 1.34 bits per heavy atom. The van der Waals surface area contributed by atoms with E-state index in [1.54, 1.807) is 5.38 Å². The lowest BCUT2D eigenvalue weighted by molar-refractivity contribution is -0.129. The van der Waals surface area contributed by atoms with E-state index in [1.807, 2.05) is 44.2 Å². The molecule has 0 saturated carbocycles. The first-order chi connectivity index (χ1) is 14.0. The van der Waals surface area contributed by atoms with E-state index in [9.17, 15) is 14.4 Å². The van der Waals surface area contributed by atoms with Crippen LogP contribution in [-0.4, -0.2) is 47.5 Å². The summed E-state index contributed by atoms with van der Waals surface area (Å²) in [4.78, 5) is 42.8. The van der Waals surface area contributed by atoms with Crippen LogP contribution in [0, 0.1) is 5.92 Å². The van der Waals surface area contributed by atoms with Gasteiger partial charge >= 0.3 is 12.0 Å². The van der Waals surface area contributed by atoms with Crippen molar-refractivity contribution >= 4 is 34.4 Å². The molecule has 0 bridgehead atoms. The number of anilines is 1. The molecule has 9 heteroatoms. The lowest BCUT2D eigenvalue weighted by Crippen LogP contribution is -2.48. The van der Waals surface area contributed by atoms with Crippen LogP contribution in [0.1, 0.15) is 42.4 Å². The highest BCUT2D eigenvalue weighted by molar-refractivity contribution is 7.13. The van der Waals surface area contributed by atoms with E-state index in [0.29, 0.717) is 11.7 Å². The SMILES string of the molecule is CC[C@H](C)[C@@H](CNc1nc(C(=O)OC)cs1)N1C(=O)N[C@H](c2ccccc2)C1=O. The summed E-state index contributed by atoms with van der Waals surface area (Å²) in [6.45, 7) is 4.36. The molecule has 1 saturated heterocycles. The molecule has 29 heavy (non-hydrogen) atoms. The van der Waals surface area contributed by atoms with Gasteiger partial charge in [0.25, 0.3) is 5.91 Å². The summed E-state index contributed by atoms with van der Waals surface area (Å²) >= 11 is 1.27. The monoisotopic (exact) mass is 416 g/mol. The first kappa shape index (κ1) is 20.8. The van der Waals surface area contributed by atoms with Gasteiger partial charge in [-0.1, -0.05) is 50.6 Å². The van der Waals surface area contributed by atoms with Crippen molar-refractivity contribution in [2.24, 2.45) is 5.92 Å². The Morgan fingerprint density at radius 3 is 2.72 bits per heavy atom. The van der Waals surface area contributed by atoms with Crippen LogP contribution >= 0.6 is 11.3 Å². The number of aromatic nitrogens is 1. The van der Waals surface area contributed by atoms with Gasteiger partial charge in [-0.25, -0.2) is 14.6 Å². The molecule has 1 aliphatic heterocycles. The third-order valence-corrected chi connectivity index (χ3v) is 5.90. The molecule has 1 aromatic carbocycles. The van der Waals surface area contributed by atoms with Crippen LogP contribution < -0.4 is 10.6 Å². The minimum atomic E-state index is -0.680. The first-order valence-corrected chi connectivity index (χ1v) is 10.3. The largest absolute Gasteiger partial charge is 0.464 e. The van der Waals surface area contributed by atoms with Gasteiger partial charge in [0.2, 0.25) is 0 Å². The van der Waals surface area contributed by atoms with E-state index in [1.165, 1.54) is 23.3 Å². The van der Waals surface area contributed by atoms with Crippen LogP contribution in [0.5, 0.6) is 0 Å². The minimum Gasteiger partial charge on any atom is -0.464 e. The fourth-order valence-electron chi connectivity index (χ4n) is 3.24. The highest BCUT2D eigenvalue weighted by Gasteiger charge is 2.44. The summed E-state index contributed by atoms with van der Waals surface area (Å²) in [5.74, 6) is -0.693. The Bertz CT molecular complexity index is 886. The van der Waals surface area contributed by atoms with E-state index in [4.69, 9.17) is 0 Å². The summed E-state index contributed by atoms with van der Waals surface area (Å²) < 4.78 is 4.67. The fourth-order valence-corrected chi connectivity index (χ4v) is 3.93. The van der Waals surface area contributed by atoms with Gasteiger partial charge in [-0.05, 0) is 11.5 Å². The summed E-state index contributed by atoms with van der Waals surface area (Å²) in [6, 6.07) is 7.77. The zero-order chi connectivity index (χ0) is 21.0. The molecule has 2 heterocycles. The van der Waals surface area contributed by atoms with Crippen LogP contribution in [-0.2, 0) is 9.53 Å². The standard InChI is InChI=1S/C20H24N4O4S/c1-4-12(2)15(10-21-19-22-14(11-29-19)18(26)28-3)24-17(25)16(23-20(24)27)13-8-6-5-7-9-13/h5-9,11-12,15-16H,4,10H2,1-3H3,(H,21,22)(H,23,27)/t12-,15+,16+/m0/s1. The number of hydrogen-bond donors (Lipinski definition) is 2. The number of carbonyl (C=O) groups excluding carboxylic acids is 3. The normalized spacial score (nSPS) is 18.3. The van der Waals surface area contributed by atoms with Crippen LogP contribution in [0.4, 0.5) is 9.93 Å². The maximum absolute atomic E-state index is 13.1. The highest BCUT2D eigenvalue weighted by Crippen LogP contribution is 2.27. The van der Waals surface area contributed by atoms with Crippen molar-refractivity contribution in [3.8, 4) is 0 Å². The molecule has 3 atom stereocenters. The number of urea groups is 1. The Kier molecular flexibility index (Phi) is 6.48. The zero-order valence-corrected chi connectivity index (χ0v) is 17.4. The molecule has 0 spiro atoms. The Morgan fingerprint density at radius 2 is 2.07 bits per heavy atom. The van der Waals surface area contributed by atoms with Crippen LogP contribution in [0.2, 0.25) is 0 Å². The van der Waals surface area contributed by atoms with Gasteiger partial charge in [0.15, 0.2) is 10.8 Å². The second-order valence-corrected chi connectivity index (χ2v) is 7.72. The van der Waals surface area contributed by atoms with Gasteiger partial charge in [-0.15, -0.1) is 11.3 Å². The van der Waals surface area contributed by atoms with Gasteiger partial charge in [0.1, 0.15) is 6.04 Å². The number of carbonyl (C=O) groups is 3. The Hall–Kier alpha value is -2.94. The molecule has 1 aromatic heterocycles. The van der Waals surface area contributed by atoms with Crippen molar-refractivity contribution < 1.29 is 19.1 Å². The van der Waals surface area contributed by atoms with E-state index >= 15 is 0 Å². The molecular formula is C20H24N4O4S. The van der Waals surface area contributed by atoms with Gasteiger partial charge in [0, 0.05) is 11.9 Å². The van der Waals surface area contributed by atoms with E-state index in [2.05, 4.69) is 20.4 Å². The molecule has 8 nitrogen and oxygen atoms in total. The number of ether oxygens (including phenoxy) is 1. The zero-order valence-electron chi connectivity index (χ0n) is 16.5. The lowest BCUT2D eigenvalue weighted by Gasteiger charge is -2.30. The lowest BCUT2D eigenvalue weighted by atomic mass is 9.97. The minimum absolute atomic E-state index is 0.0757. The highest BCUT2D eigenvalue weighted by atomic mass is 32.1. The molecule has 0 unspecified atom stereocenters. The number of hydrogen-bond acceptors (Lipinski definition) is 7. The number of benzene rings is 1. The van der Waals surface area contributed by atoms with Crippen molar-refractivity contribution in [2.45, 2.75) is 32.4 Å². The number of nitrogens with one attached hydrogen (secondary N) is 2. The second kappa shape index (κ2) is 9.04. The predicted octanol–water partition coefficient (Wildman–Crippen LogP) is 3.05. The van der Waals surface area contributed by atoms with Crippen molar-refractivity contribution in [3.63, 3.8) is 0 Å². The number of esters is 1. The van der Waals surface area contributed by atoms with Crippen molar-refractivity contribution in [1.29, 1.82) is 0 Å². The summed E-state index contributed by atoms with van der Waals surface area (Å²) in [6.07, 6.45) is 0.796. The van der Waals surface area contributed by atoms with E-state index < -0.39 is 18.0 Å². The van der Waals surface area contributed by atoms with Crippen molar-refractivity contribution in [3.05, 3.63) is 47.0 Å². The quantitative estimate of drug-likeness (QED) is 0.507. The average Bonchev–Trinajstić information content (AvgIpc) is 3.33. The molecule has 1 fully saturated rings. The third-order valence-electron chi connectivity index (χ3n) is 5.10. The molecule has 2 N–H and O–H groups in total. The molecular weight excluding hydrogens is 392 g/mol. The number of amides is 3. The van der Waals surface area contributed by atoms with Crippen LogP contribution in [0.25, 0.3) is 0 Å². The third kappa shape index (κ3) is 4.40. The van der Waals surface area contributed by atoms with Gasteiger partial charge in [-0.2, -0.15) is 0 Å². The molecule has 0 aliphatic carbocycles. The molecule has 154 valence electrons. The molecule has 0 radical (unpaired) electrons. The number of methoxy groups -OCH3 is 1. The maximum atomic E-state index is 13.1. The first-order valence-electron chi connectivity index (χ1n) is 9.42. The number of imide groups is 1. The number of rotatable bonds is 8. The van der Waals surface area contributed by atoms with E-state index in [-0.39, 0.29) is 23.6 Å². The Labute approximate surface area is 173 Å². The Balaban J connectivity index is 1.76. The maximum Gasteiger partial charge on any atom is 0.357 e. The smallest absolute Gasteiger partial charge is 0.357 e. The molecule has 2 aromatic rings. The second-order valence-electron chi connectivity index (χ2n) is 6.86. The van der Waals surface area contributed by atoms with Gasteiger partial charge in [-0.3, -0.25) is 9.69 Å². The number of nitrogens with zero attached hydrogens (tertiary/aromatic N) is 2. The van der Waals surface area contributed by atoms with Gasteiger partial charge < -0.3 is 15.4 Å². The molecule has 3 rings (SSSR count). The van der Waals surface area contributed by atoms with E-state index in [0.717, 1.165) is 12.0 Å². The average molecular weight is 417 g/mol. The van der Waals surface area contributed by atoms with Crippen LogP contribution in [0.15, 0.2) is 35.7 Å². The van der Waals surface area contributed by atoms with Crippen molar-refractivity contribution in [2.75, 3.05) is 19.0 Å². The van der Waals surface area contributed by atoms with Crippen molar-refractivity contribution in [1.82, 2.24) is 15.2 Å². The van der Waals surface area contributed by atoms with Gasteiger partial charge in [0.05, 0.1) is 13.2 Å². The summed E-state index contributed by atoms with van der Waals surface area (Å²) in [5, 5.41) is 8.08. The summed E-state index contributed by atoms with van der Waals surface area (Å²) in [7, 11) is 1.30.